The second-order valence-corrected chi connectivity index (χ2v) is 9.66. The summed E-state index contributed by atoms with van der Waals surface area (Å²) in [6, 6.07) is 10.2. The Labute approximate surface area is 183 Å². The molecule has 1 fully saturated rings. The zero-order valence-corrected chi connectivity index (χ0v) is 18.2. The van der Waals surface area contributed by atoms with Gasteiger partial charge >= 0.3 is 5.69 Å². The highest BCUT2D eigenvalue weighted by molar-refractivity contribution is 7.19. The predicted molar refractivity (Wildman–Crippen MR) is 121 cm³/mol. The largest absolute Gasteiger partial charge is 0.381 e. The van der Waals surface area contributed by atoms with Crippen LogP contribution in [0.2, 0.25) is 0 Å². The highest BCUT2D eigenvalue weighted by Gasteiger charge is 2.27. The van der Waals surface area contributed by atoms with Crippen LogP contribution in [-0.4, -0.2) is 50.4 Å². The maximum atomic E-state index is 13.3. The monoisotopic (exact) mass is 435 g/mol. The fourth-order valence-electron chi connectivity index (χ4n) is 4.97. The van der Waals surface area contributed by atoms with Gasteiger partial charge in [0, 0.05) is 37.7 Å². The summed E-state index contributed by atoms with van der Waals surface area (Å²) in [5.74, 6) is 0.726. The first kappa shape index (κ1) is 19.2. The molecular weight excluding hydrogens is 410 g/mol. The Morgan fingerprint density at radius 1 is 1.16 bits per heavy atom. The van der Waals surface area contributed by atoms with E-state index >= 15 is 0 Å². The van der Waals surface area contributed by atoms with Crippen molar-refractivity contribution in [2.45, 2.75) is 32.4 Å². The van der Waals surface area contributed by atoms with E-state index in [0.717, 1.165) is 73.8 Å². The molecule has 0 bridgehead atoms. The molecule has 5 heterocycles. The molecule has 0 saturated carbocycles. The fraction of sp³-hybridized carbons (Fsp3) is 0.435. The van der Waals surface area contributed by atoms with E-state index in [4.69, 9.17) is 4.74 Å². The Hall–Kier alpha value is -2.55. The molecule has 2 aliphatic rings. The highest BCUT2D eigenvalue weighted by Crippen LogP contribution is 2.37. The van der Waals surface area contributed by atoms with E-state index < -0.39 is 0 Å². The SMILES string of the molecule is O=c1n(Cc2ccccc2)c2sc3c(c2c2ncnn12)CCN(CC1CCOCC1)C3. The summed E-state index contributed by atoms with van der Waals surface area (Å²) < 4.78 is 8.87. The van der Waals surface area contributed by atoms with Crippen molar-refractivity contribution >= 4 is 27.2 Å². The van der Waals surface area contributed by atoms with E-state index in [2.05, 4.69) is 27.1 Å². The van der Waals surface area contributed by atoms with Crippen LogP contribution in [0.25, 0.3) is 15.9 Å². The van der Waals surface area contributed by atoms with Crippen LogP contribution in [-0.2, 0) is 24.2 Å². The van der Waals surface area contributed by atoms with E-state index in [1.54, 1.807) is 11.3 Å². The number of aromatic nitrogens is 4. The zero-order valence-electron chi connectivity index (χ0n) is 17.4. The summed E-state index contributed by atoms with van der Waals surface area (Å²) in [6.45, 7) is 5.46. The lowest BCUT2D eigenvalue weighted by atomic mass is 9.98. The summed E-state index contributed by atoms with van der Waals surface area (Å²) in [7, 11) is 0. The van der Waals surface area contributed by atoms with Gasteiger partial charge in [0.15, 0.2) is 5.65 Å². The minimum atomic E-state index is -0.124. The van der Waals surface area contributed by atoms with Crippen LogP contribution in [0.4, 0.5) is 0 Å². The molecule has 0 atom stereocenters. The Morgan fingerprint density at radius 2 is 2.00 bits per heavy atom. The number of hydrogen-bond acceptors (Lipinski definition) is 6. The third-order valence-electron chi connectivity index (χ3n) is 6.59. The molecular formula is C23H25N5O2S. The van der Waals surface area contributed by atoms with Crippen LogP contribution in [0, 0.1) is 5.92 Å². The van der Waals surface area contributed by atoms with Crippen LogP contribution >= 0.6 is 11.3 Å². The lowest BCUT2D eigenvalue weighted by molar-refractivity contribution is 0.0508. The van der Waals surface area contributed by atoms with Gasteiger partial charge < -0.3 is 4.74 Å². The zero-order chi connectivity index (χ0) is 20.8. The average Bonchev–Trinajstić information content (AvgIpc) is 3.42. The van der Waals surface area contributed by atoms with Gasteiger partial charge in [-0.05, 0) is 36.3 Å². The van der Waals surface area contributed by atoms with Gasteiger partial charge in [-0.3, -0.25) is 9.47 Å². The molecule has 7 nitrogen and oxygen atoms in total. The summed E-state index contributed by atoms with van der Waals surface area (Å²) in [4.78, 5) is 22.7. The molecule has 6 rings (SSSR count). The molecule has 160 valence electrons. The van der Waals surface area contributed by atoms with E-state index in [-0.39, 0.29) is 5.69 Å². The molecule has 2 aliphatic heterocycles. The van der Waals surface area contributed by atoms with Crippen molar-refractivity contribution in [1.82, 2.24) is 24.1 Å². The molecule has 4 aromatic rings. The lowest BCUT2D eigenvalue weighted by Gasteiger charge is -2.32. The summed E-state index contributed by atoms with van der Waals surface area (Å²) in [5, 5.41) is 5.36. The van der Waals surface area contributed by atoms with Crippen molar-refractivity contribution < 1.29 is 4.74 Å². The van der Waals surface area contributed by atoms with Crippen molar-refractivity contribution in [2.24, 2.45) is 5.92 Å². The Balaban J connectivity index is 1.42. The van der Waals surface area contributed by atoms with E-state index in [0.29, 0.717) is 12.2 Å². The Kier molecular flexibility index (Phi) is 4.85. The molecule has 1 aromatic carbocycles. The van der Waals surface area contributed by atoms with Crippen LogP contribution in [0.1, 0.15) is 28.8 Å². The molecule has 8 heteroatoms. The van der Waals surface area contributed by atoms with Gasteiger partial charge in [-0.1, -0.05) is 30.3 Å². The van der Waals surface area contributed by atoms with Crippen molar-refractivity contribution in [3.05, 3.63) is 63.1 Å². The van der Waals surface area contributed by atoms with Gasteiger partial charge in [0.25, 0.3) is 0 Å². The quantitative estimate of drug-likeness (QED) is 0.493. The number of rotatable bonds is 4. The first-order valence-electron chi connectivity index (χ1n) is 11.0. The van der Waals surface area contributed by atoms with Crippen molar-refractivity contribution in [3.8, 4) is 0 Å². The number of fused-ring (bicyclic) bond motifs is 5. The molecule has 0 unspecified atom stereocenters. The molecule has 3 aromatic heterocycles. The molecule has 0 N–H and O–H groups in total. The summed E-state index contributed by atoms with van der Waals surface area (Å²) >= 11 is 1.76. The average molecular weight is 436 g/mol. The maximum Gasteiger partial charge on any atom is 0.352 e. The molecule has 0 aliphatic carbocycles. The molecule has 1 saturated heterocycles. The minimum Gasteiger partial charge on any atom is -0.381 e. The van der Waals surface area contributed by atoms with Gasteiger partial charge in [0.2, 0.25) is 0 Å². The first-order valence-corrected chi connectivity index (χ1v) is 11.8. The van der Waals surface area contributed by atoms with Gasteiger partial charge in [0.05, 0.1) is 11.9 Å². The maximum absolute atomic E-state index is 13.3. The number of thiophene rings is 1. The number of hydrogen-bond donors (Lipinski definition) is 0. The standard InChI is InChI=1S/C23H25N5O2S/c29-23-27(13-16-4-2-1-3-5-16)22-20(21-24-15-25-28(21)23)18-6-9-26(14-19(18)31-22)12-17-7-10-30-11-8-17/h1-5,15,17H,6-14H2. The van der Waals surface area contributed by atoms with Crippen LogP contribution in [0.5, 0.6) is 0 Å². The second-order valence-electron chi connectivity index (χ2n) is 8.57. The Bertz CT molecular complexity index is 1290. The number of nitrogens with zero attached hydrogens (tertiary/aromatic N) is 5. The third kappa shape index (κ3) is 3.39. The number of benzene rings is 1. The fourth-order valence-corrected chi connectivity index (χ4v) is 6.35. The van der Waals surface area contributed by atoms with Crippen molar-refractivity contribution in [1.29, 1.82) is 0 Å². The Morgan fingerprint density at radius 3 is 2.84 bits per heavy atom. The van der Waals surface area contributed by atoms with E-state index in [1.807, 2.05) is 22.8 Å². The molecule has 0 amide bonds. The smallest absolute Gasteiger partial charge is 0.352 e. The van der Waals surface area contributed by atoms with Crippen molar-refractivity contribution in [2.75, 3.05) is 26.3 Å². The topological polar surface area (TPSA) is 64.7 Å². The number of ether oxygens (including phenoxy) is 1. The second kappa shape index (κ2) is 7.85. The minimum absolute atomic E-state index is 0.124. The summed E-state index contributed by atoms with van der Waals surface area (Å²) in [6.07, 6.45) is 4.80. The van der Waals surface area contributed by atoms with Gasteiger partial charge in [-0.25, -0.2) is 9.78 Å². The van der Waals surface area contributed by atoms with E-state index in [9.17, 15) is 4.79 Å². The molecule has 31 heavy (non-hydrogen) atoms. The lowest BCUT2D eigenvalue weighted by Crippen LogP contribution is -2.35. The normalized spacial score (nSPS) is 18.1. The highest BCUT2D eigenvalue weighted by atomic mass is 32.1. The van der Waals surface area contributed by atoms with Crippen LogP contribution in [0.15, 0.2) is 41.5 Å². The molecule has 0 radical (unpaired) electrons. The van der Waals surface area contributed by atoms with Crippen molar-refractivity contribution in [3.63, 3.8) is 0 Å². The summed E-state index contributed by atoms with van der Waals surface area (Å²) in [5.41, 5.74) is 3.03. The van der Waals surface area contributed by atoms with Crippen LogP contribution in [0.3, 0.4) is 0 Å². The predicted octanol–water partition coefficient (Wildman–Crippen LogP) is 2.94. The third-order valence-corrected chi connectivity index (χ3v) is 7.83. The van der Waals surface area contributed by atoms with Gasteiger partial charge in [-0.2, -0.15) is 9.61 Å². The van der Waals surface area contributed by atoms with E-state index in [1.165, 1.54) is 21.3 Å². The van der Waals surface area contributed by atoms with Gasteiger partial charge in [-0.15, -0.1) is 11.3 Å². The molecule has 0 spiro atoms. The van der Waals surface area contributed by atoms with Crippen LogP contribution < -0.4 is 5.69 Å². The first-order chi connectivity index (χ1) is 15.3. The van der Waals surface area contributed by atoms with Gasteiger partial charge in [0.1, 0.15) is 11.2 Å².